The van der Waals surface area contributed by atoms with Crippen LogP contribution in [-0.2, 0) is 12.8 Å². The fourth-order valence-electron chi connectivity index (χ4n) is 5.23. The number of halogens is 1. The summed E-state index contributed by atoms with van der Waals surface area (Å²) in [5.74, 6) is 2.44. The van der Waals surface area contributed by atoms with Gasteiger partial charge in [0.1, 0.15) is 0 Å². The van der Waals surface area contributed by atoms with Gasteiger partial charge >= 0.3 is 0 Å². The summed E-state index contributed by atoms with van der Waals surface area (Å²) in [7, 11) is 4.90. The fourth-order valence-corrected chi connectivity index (χ4v) is 5.36. The molecule has 0 fully saturated rings. The number of aryl methyl sites for hydroxylation is 1. The number of nitrogens with zero attached hydrogens (tertiary/aromatic N) is 3. The molecule has 1 atom stereocenters. The molecule has 7 heteroatoms. The number of ether oxygens (including phenoxy) is 3. The highest BCUT2D eigenvalue weighted by atomic mass is 35.5. The molecule has 0 N–H and O–H groups in total. The lowest BCUT2D eigenvalue weighted by Gasteiger charge is -2.27. The molecule has 182 valence electrons. The van der Waals surface area contributed by atoms with Crippen molar-refractivity contribution in [3.63, 3.8) is 0 Å². The Kier molecular flexibility index (Phi) is 6.56. The Balaban J connectivity index is 1.77. The summed E-state index contributed by atoms with van der Waals surface area (Å²) in [4.78, 5) is 5.23. The average Bonchev–Trinajstić information content (AvgIpc) is 3.32. The quantitative estimate of drug-likeness (QED) is 0.290. The number of hydrogen-bond donors (Lipinski definition) is 0. The Morgan fingerprint density at radius 2 is 1.71 bits per heavy atom. The molecule has 0 amide bonds. The van der Waals surface area contributed by atoms with Crippen molar-refractivity contribution >= 4 is 17.2 Å². The molecule has 2 aromatic heterocycles. The molecular formula is C28H30ClN3O3. The van der Waals surface area contributed by atoms with Crippen LogP contribution in [0.5, 0.6) is 17.2 Å². The number of fused-ring (bicyclic) bond motifs is 3. The van der Waals surface area contributed by atoms with Crippen molar-refractivity contribution in [2.45, 2.75) is 39.0 Å². The van der Waals surface area contributed by atoms with Crippen LogP contribution in [0.25, 0.3) is 28.0 Å². The van der Waals surface area contributed by atoms with Gasteiger partial charge in [-0.25, -0.2) is 9.50 Å². The third-order valence-electron chi connectivity index (χ3n) is 6.92. The second-order valence-electron chi connectivity index (χ2n) is 9.00. The molecule has 0 radical (unpaired) electrons. The molecule has 4 aromatic rings. The number of methoxy groups -OCH3 is 3. The highest BCUT2D eigenvalue weighted by Crippen LogP contribution is 2.43. The van der Waals surface area contributed by atoms with Crippen LogP contribution in [0.4, 0.5) is 0 Å². The molecule has 0 bridgehead atoms. The summed E-state index contributed by atoms with van der Waals surface area (Å²) in [5.41, 5.74) is 7.22. The lowest BCUT2D eigenvalue weighted by Crippen LogP contribution is -2.20. The maximum Gasteiger partial charge on any atom is 0.203 e. The Morgan fingerprint density at radius 3 is 2.34 bits per heavy atom. The maximum absolute atomic E-state index is 6.14. The van der Waals surface area contributed by atoms with E-state index < -0.39 is 0 Å². The minimum absolute atomic E-state index is 0.573. The van der Waals surface area contributed by atoms with Crippen LogP contribution in [0.2, 0.25) is 5.02 Å². The van der Waals surface area contributed by atoms with Crippen molar-refractivity contribution in [1.82, 2.24) is 14.6 Å². The van der Waals surface area contributed by atoms with Crippen LogP contribution in [0.1, 0.15) is 37.4 Å². The van der Waals surface area contributed by atoms with Gasteiger partial charge in [0.15, 0.2) is 17.1 Å². The Labute approximate surface area is 210 Å². The second-order valence-corrected chi connectivity index (χ2v) is 9.43. The number of hydrogen-bond acceptors (Lipinski definition) is 5. The molecule has 6 nitrogen and oxygen atoms in total. The SMILES string of the molecule is CCC[C@H]1CCc2c(c(-c3cc(OC)c(OC)c(OC)c3)nc3c(-c4ccc(Cl)cc4)cnn23)C1. The van der Waals surface area contributed by atoms with Crippen LogP contribution in [0.15, 0.2) is 42.6 Å². The van der Waals surface area contributed by atoms with E-state index in [1.54, 1.807) is 21.3 Å². The number of aromatic nitrogens is 3. The molecular weight excluding hydrogens is 462 g/mol. The topological polar surface area (TPSA) is 57.9 Å². The predicted molar refractivity (Wildman–Crippen MR) is 139 cm³/mol. The van der Waals surface area contributed by atoms with E-state index in [0.29, 0.717) is 28.2 Å². The van der Waals surface area contributed by atoms with Gasteiger partial charge in [-0.3, -0.25) is 0 Å². The van der Waals surface area contributed by atoms with Gasteiger partial charge in [0.2, 0.25) is 5.75 Å². The van der Waals surface area contributed by atoms with Gasteiger partial charge in [0.05, 0.1) is 33.2 Å². The van der Waals surface area contributed by atoms with Crippen molar-refractivity contribution in [2.75, 3.05) is 21.3 Å². The van der Waals surface area contributed by atoms with E-state index in [0.717, 1.165) is 47.3 Å². The molecule has 1 aliphatic rings. The molecule has 0 saturated heterocycles. The summed E-state index contributed by atoms with van der Waals surface area (Å²) in [6.07, 6.45) is 7.40. The van der Waals surface area contributed by atoms with Crippen molar-refractivity contribution in [3.05, 3.63) is 58.9 Å². The summed E-state index contributed by atoms with van der Waals surface area (Å²) in [6, 6.07) is 11.8. The second kappa shape index (κ2) is 9.78. The summed E-state index contributed by atoms with van der Waals surface area (Å²) in [5, 5.41) is 5.49. The summed E-state index contributed by atoms with van der Waals surface area (Å²) < 4.78 is 18.9. The normalized spacial score (nSPS) is 15.2. The zero-order valence-corrected chi connectivity index (χ0v) is 21.4. The zero-order valence-electron chi connectivity index (χ0n) is 20.6. The smallest absolute Gasteiger partial charge is 0.203 e. The monoisotopic (exact) mass is 491 g/mol. The summed E-state index contributed by atoms with van der Waals surface area (Å²) in [6.45, 7) is 2.25. The minimum Gasteiger partial charge on any atom is -0.493 e. The first-order valence-corrected chi connectivity index (χ1v) is 12.4. The Hall–Kier alpha value is -3.25. The molecule has 2 heterocycles. The van der Waals surface area contributed by atoms with Crippen LogP contribution >= 0.6 is 11.6 Å². The van der Waals surface area contributed by atoms with Crippen molar-refractivity contribution in [1.29, 1.82) is 0 Å². The van der Waals surface area contributed by atoms with E-state index in [9.17, 15) is 0 Å². The maximum atomic E-state index is 6.14. The lowest BCUT2D eigenvalue weighted by atomic mass is 9.82. The largest absolute Gasteiger partial charge is 0.493 e. The molecule has 5 rings (SSSR count). The standard InChI is InChI=1S/C28H30ClN3O3/c1-5-6-17-7-12-23-21(13-17)26(19-14-24(33-2)27(35-4)25(15-19)34-3)31-28-22(16-30-32(23)28)18-8-10-20(29)11-9-18/h8-11,14-17H,5-7,12-13H2,1-4H3/t17-/m0/s1. The third-order valence-corrected chi connectivity index (χ3v) is 7.18. The minimum atomic E-state index is 0.573. The Morgan fingerprint density at radius 1 is 1.00 bits per heavy atom. The first-order valence-electron chi connectivity index (χ1n) is 12.0. The predicted octanol–water partition coefficient (Wildman–Crippen LogP) is 6.65. The van der Waals surface area contributed by atoms with E-state index >= 15 is 0 Å². The van der Waals surface area contributed by atoms with E-state index in [2.05, 4.69) is 6.92 Å². The van der Waals surface area contributed by atoms with E-state index in [1.807, 2.05) is 47.1 Å². The molecule has 0 aliphatic heterocycles. The third kappa shape index (κ3) is 4.20. The van der Waals surface area contributed by atoms with Gasteiger partial charge in [-0.1, -0.05) is 43.5 Å². The lowest BCUT2D eigenvalue weighted by molar-refractivity contribution is 0.324. The highest BCUT2D eigenvalue weighted by Gasteiger charge is 2.27. The first-order chi connectivity index (χ1) is 17.1. The van der Waals surface area contributed by atoms with Crippen LogP contribution in [-0.4, -0.2) is 35.9 Å². The highest BCUT2D eigenvalue weighted by molar-refractivity contribution is 6.30. The number of rotatable bonds is 7. The van der Waals surface area contributed by atoms with E-state index in [-0.39, 0.29) is 0 Å². The van der Waals surface area contributed by atoms with Crippen molar-refractivity contribution in [3.8, 4) is 39.6 Å². The molecule has 2 aromatic carbocycles. The van der Waals surface area contributed by atoms with Crippen molar-refractivity contribution in [2.24, 2.45) is 5.92 Å². The molecule has 0 saturated carbocycles. The van der Waals surface area contributed by atoms with Crippen LogP contribution in [0.3, 0.4) is 0 Å². The zero-order chi connectivity index (χ0) is 24.5. The van der Waals surface area contributed by atoms with Crippen LogP contribution in [0, 0.1) is 5.92 Å². The van der Waals surface area contributed by atoms with Gasteiger partial charge in [-0.15, -0.1) is 0 Å². The molecule has 1 aliphatic carbocycles. The van der Waals surface area contributed by atoms with E-state index in [4.69, 9.17) is 35.9 Å². The summed E-state index contributed by atoms with van der Waals surface area (Å²) >= 11 is 6.14. The Bertz CT molecular complexity index is 1340. The van der Waals surface area contributed by atoms with Crippen LogP contribution < -0.4 is 14.2 Å². The molecule has 0 unspecified atom stereocenters. The molecule has 0 spiro atoms. The van der Waals surface area contributed by atoms with Crippen molar-refractivity contribution < 1.29 is 14.2 Å². The van der Waals surface area contributed by atoms with Gasteiger partial charge in [-0.2, -0.15) is 5.10 Å². The molecule has 35 heavy (non-hydrogen) atoms. The number of benzene rings is 2. The van der Waals surface area contributed by atoms with E-state index in [1.165, 1.54) is 24.1 Å². The van der Waals surface area contributed by atoms with Gasteiger partial charge in [-0.05, 0) is 55.0 Å². The first kappa shape index (κ1) is 23.5. The van der Waals surface area contributed by atoms with Gasteiger partial charge in [0, 0.05) is 27.4 Å². The fraction of sp³-hybridized carbons (Fsp3) is 0.357. The van der Waals surface area contributed by atoms with Gasteiger partial charge < -0.3 is 14.2 Å². The average molecular weight is 492 g/mol. The van der Waals surface area contributed by atoms with Gasteiger partial charge in [0.25, 0.3) is 0 Å².